The number of anilines is 1. The van der Waals surface area contributed by atoms with Crippen molar-refractivity contribution in [2.75, 3.05) is 52.0 Å². The summed E-state index contributed by atoms with van der Waals surface area (Å²) < 4.78 is 1.51. The molecule has 1 aromatic heterocycles. The van der Waals surface area contributed by atoms with Gasteiger partial charge < -0.3 is 25.8 Å². The van der Waals surface area contributed by atoms with Crippen molar-refractivity contribution in [2.24, 2.45) is 0 Å². The third-order valence-electron chi connectivity index (χ3n) is 11.0. The summed E-state index contributed by atoms with van der Waals surface area (Å²) in [5.41, 5.74) is 8.91. The lowest BCUT2D eigenvalue weighted by atomic mass is 9.98. The Morgan fingerprint density at radius 1 is 0.979 bits per heavy atom. The third kappa shape index (κ3) is 6.57. The Hall–Kier alpha value is -3.87. The molecule has 2 aromatic carbocycles. The summed E-state index contributed by atoms with van der Waals surface area (Å²) >= 11 is 6.43. The number of carbonyl (C=O) groups is 2. The fourth-order valence-corrected chi connectivity index (χ4v) is 8.52. The highest BCUT2D eigenvalue weighted by molar-refractivity contribution is 6.33. The number of carbonyl (C=O) groups excluding carboxylic acids is 2. The number of aromatic amines is 1. The lowest BCUT2D eigenvalue weighted by Crippen LogP contribution is -2.57. The molecule has 3 aromatic rings. The lowest BCUT2D eigenvalue weighted by Gasteiger charge is -2.42. The van der Waals surface area contributed by atoms with Gasteiger partial charge in [-0.1, -0.05) is 48.0 Å². The van der Waals surface area contributed by atoms with Crippen LogP contribution in [0.25, 0.3) is 11.4 Å². The van der Waals surface area contributed by atoms with Gasteiger partial charge in [-0.15, -0.1) is 5.10 Å². The van der Waals surface area contributed by atoms with E-state index in [1.54, 1.807) is 11.0 Å². The number of likely N-dealkylation sites (tertiary alicyclic amines) is 4. The molecule has 13 heteroatoms. The maximum Gasteiger partial charge on any atom is 0.343 e. The molecule has 7 rings (SSSR count). The van der Waals surface area contributed by atoms with Gasteiger partial charge in [-0.3, -0.25) is 14.7 Å². The molecule has 4 N–H and O–H groups in total. The summed E-state index contributed by atoms with van der Waals surface area (Å²) in [6.07, 6.45) is 4.61. The number of rotatable bonds is 7. The number of amides is 3. The first-order valence-electron chi connectivity index (χ1n) is 17.2. The van der Waals surface area contributed by atoms with Crippen LogP contribution < -0.4 is 16.7 Å². The van der Waals surface area contributed by atoms with Gasteiger partial charge in [0.2, 0.25) is 5.91 Å². The number of hydrogen-bond acceptors (Lipinski definition) is 7. The Morgan fingerprint density at radius 3 is 2.31 bits per heavy atom. The number of H-pyrrole nitrogens is 1. The number of aromatic nitrogens is 3. The van der Waals surface area contributed by atoms with Gasteiger partial charge in [0.05, 0.1) is 16.8 Å². The molecule has 0 radical (unpaired) electrons. The van der Waals surface area contributed by atoms with E-state index in [0.29, 0.717) is 80.1 Å². The van der Waals surface area contributed by atoms with Crippen molar-refractivity contribution in [3.63, 3.8) is 0 Å². The van der Waals surface area contributed by atoms with E-state index in [-0.39, 0.29) is 23.7 Å². The molecule has 2 unspecified atom stereocenters. The van der Waals surface area contributed by atoms with E-state index in [9.17, 15) is 14.4 Å². The van der Waals surface area contributed by atoms with E-state index in [4.69, 9.17) is 17.3 Å². The van der Waals surface area contributed by atoms with Crippen LogP contribution in [0.1, 0.15) is 49.3 Å². The topological polar surface area (TPSA) is 136 Å². The van der Waals surface area contributed by atoms with E-state index >= 15 is 0 Å². The van der Waals surface area contributed by atoms with E-state index in [1.165, 1.54) is 11.1 Å². The summed E-state index contributed by atoms with van der Waals surface area (Å²) in [6, 6.07) is 13.9. The average Bonchev–Trinajstić information content (AvgIpc) is 3.81. The number of nitrogens with two attached hydrogens (primary N) is 1. The lowest BCUT2D eigenvalue weighted by molar-refractivity contribution is -0.135. The average molecular weight is 676 g/mol. The quantitative estimate of drug-likeness (QED) is 0.328. The normalized spacial score (nSPS) is 23.1. The fraction of sp³-hybridized carbons (Fsp3) is 0.543. The second kappa shape index (κ2) is 13.6. The van der Waals surface area contributed by atoms with Gasteiger partial charge >= 0.3 is 11.7 Å². The molecule has 3 amide bonds. The number of urea groups is 1. The zero-order valence-electron chi connectivity index (χ0n) is 27.8. The van der Waals surface area contributed by atoms with E-state index in [1.807, 2.05) is 48.2 Å². The zero-order chi connectivity index (χ0) is 33.5. The molecule has 4 aliphatic rings. The van der Waals surface area contributed by atoms with Crippen molar-refractivity contribution in [1.82, 2.24) is 39.7 Å². The molecule has 2 bridgehead atoms. The summed E-state index contributed by atoms with van der Waals surface area (Å²) in [5, 5.41) is 8.09. The maximum absolute atomic E-state index is 14.1. The minimum atomic E-state index is -0.746. The van der Waals surface area contributed by atoms with Crippen molar-refractivity contribution < 1.29 is 9.59 Å². The van der Waals surface area contributed by atoms with Crippen molar-refractivity contribution in [1.29, 1.82) is 0 Å². The Kier molecular flexibility index (Phi) is 9.23. The predicted octanol–water partition coefficient (Wildman–Crippen LogP) is 3.12. The van der Waals surface area contributed by atoms with E-state index < -0.39 is 6.04 Å². The molecule has 0 spiro atoms. The van der Waals surface area contributed by atoms with Crippen LogP contribution in [-0.2, 0) is 11.2 Å². The van der Waals surface area contributed by atoms with Crippen LogP contribution >= 0.6 is 11.6 Å². The third-order valence-corrected chi connectivity index (χ3v) is 11.3. The van der Waals surface area contributed by atoms with E-state index in [0.717, 1.165) is 42.6 Å². The van der Waals surface area contributed by atoms with Crippen molar-refractivity contribution in [3.05, 3.63) is 69.1 Å². The van der Waals surface area contributed by atoms with Gasteiger partial charge in [-0.25, -0.2) is 14.3 Å². The second-order valence-electron chi connectivity index (χ2n) is 14.1. The van der Waals surface area contributed by atoms with Crippen molar-refractivity contribution >= 4 is 29.2 Å². The molecule has 4 aliphatic heterocycles. The Morgan fingerprint density at radius 2 is 1.67 bits per heavy atom. The zero-order valence-corrected chi connectivity index (χ0v) is 28.5. The number of aryl methyl sites for hydroxylation is 1. The Balaban J connectivity index is 1.00. The number of piperidine rings is 2. The fourth-order valence-electron chi connectivity index (χ4n) is 8.23. The van der Waals surface area contributed by atoms with Crippen LogP contribution in [0.5, 0.6) is 0 Å². The van der Waals surface area contributed by atoms with Gasteiger partial charge in [0.1, 0.15) is 6.04 Å². The highest BCUT2D eigenvalue weighted by atomic mass is 35.5. The Bertz CT molecular complexity index is 1670. The van der Waals surface area contributed by atoms with E-state index in [2.05, 4.69) is 32.2 Å². The molecule has 3 atom stereocenters. The minimum Gasteiger partial charge on any atom is -0.397 e. The van der Waals surface area contributed by atoms with Gasteiger partial charge in [0.15, 0.2) is 5.82 Å². The number of benzene rings is 2. The van der Waals surface area contributed by atoms with Gasteiger partial charge in [0.25, 0.3) is 0 Å². The smallest absolute Gasteiger partial charge is 0.343 e. The number of nitrogen functional groups attached to an aromatic ring is 1. The van der Waals surface area contributed by atoms with Crippen LogP contribution in [0.4, 0.5) is 10.5 Å². The van der Waals surface area contributed by atoms with Crippen LogP contribution in [0, 0.1) is 6.92 Å². The summed E-state index contributed by atoms with van der Waals surface area (Å²) in [6.45, 7) is 6.39. The number of fused-ring (bicyclic) bond motifs is 2. The van der Waals surface area contributed by atoms with Gasteiger partial charge in [-0.2, -0.15) is 0 Å². The first kappa shape index (κ1) is 32.7. The monoisotopic (exact) mass is 675 g/mol. The number of likely N-dealkylation sites (N-methyl/N-ethyl adjacent to an activating group) is 1. The molecule has 0 saturated carbocycles. The van der Waals surface area contributed by atoms with Gasteiger partial charge in [-0.05, 0) is 63.3 Å². The number of piperazine rings is 1. The highest BCUT2D eigenvalue weighted by Gasteiger charge is 2.45. The highest BCUT2D eigenvalue weighted by Crippen LogP contribution is 2.34. The molecule has 5 heterocycles. The van der Waals surface area contributed by atoms with Crippen LogP contribution in [0.15, 0.2) is 47.3 Å². The number of nitrogens with zero attached hydrogens (tertiary/aromatic N) is 6. The molecule has 48 heavy (non-hydrogen) atoms. The summed E-state index contributed by atoms with van der Waals surface area (Å²) in [5.74, 6) is 0.464. The Labute approximate surface area is 286 Å². The summed E-state index contributed by atoms with van der Waals surface area (Å²) in [7, 11) is 2.22. The number of hydrogen-bond donors (Lipinski definition) is 3. The van der Waals surface area contributed by atoms with Crippen LogP contribution in [0.3, 0.4) is 0 Å². The molecular formula is C35H46ClN9O3. The maximum atomic E-state index is 14.1. The largest absolute Gasteiger partial charge is 0.397 e. The number of nitrogens with one attached hydrogen (secondary N) is 2. The van der Waals surface area contributed by atoms with Crippen LogP contribution in [-0.4, -0.2) is 117 Å². The van der Waals surface area contributed by atoms with Crippen LogP contribution in [0.2, 0.25) is 5.02 Å². The van der Waals surface area contributed by atoms with Crippen molar-refractivity contribution in [3.8, 4) is 11.4 Å². The predicted molar refractivity (Wildman–Crippen MR) is 186 cm³/mol. The SMILES string of the molecule is Cc1cc(C[C@@H](NC(=O)N2CCC(n3nc(-c4ccccc4)[nH]c3=O)CC2)C(=O)N2CCC(N3CC4CC3CN4C)CC2)cc(Cl)c1N. The summed E-state index contributed by atoms with van der Waals surface area (Å²) in [4.78, 5) is 52.3. The van der Waals surface area contributed by atoms with Gasteiger partial charge in [0, 0.05) is 69.4 Å². The van der Waals surface area contributed by atoms with Crippen molar-refractivity contribution in [2.45, 2.75) is 75.7 Å². The first-order valence-corrected chi connectivity index (χ1v) is 17.6. The first-order chi connectivity index (χ1) is 23.1. The molecule has 12 nitrogen and oxygen atoms in total. The molecular weight excluding hydrogens is 630 g/mol. The molecule has 256 valence electrons. The number of halogens is 1. The minimum absolute atomic E-state index is 0.0681. The molecule has 4 saturated heterocycles. The molecule has 4 fully saturated rings. The standard InChI is InChI=1S/C35H46ClN9O3/c1-22-16-23(17-29(36)31(22)37)18-30(33(46)42-12-8-25(9-13-42)44-21-27-19-28(44)20-41(27)2)38-34(47)43-14-10-26(11-15-43)45-35(48)39-32(40-45)24-6-4-3-5-7-24/h3-7,16-17,25-28,30H,8-15,18-21,37H2,1-2H3,(H,38,47)(H,39,40,48)/t27?,28?,30-/m1/s1. The second-order valence-corrected chi connectivity index (χ2v) is 14.5. The molecule has 0 aliphatic carbocycles.